The van der Waals surface area contributed by atoms with Crippen LogP contribution in [-0.2, 0) is 12.8 Å². The van der Waals surface area contributed by atoms with E-state index in [1.54, 1.807) is 0 Å². The van der Waals surface area contributed by atoms with Gasteiger partial charge in [0.15, 0.2) is 11.6 Å². The third-order valence-corrected chi connectivity index (χ3v) is 4.58. The predicted octanol–water partition coefficient (Wildman–Crippen LogP) is 4.16. The Labute approximate surface area is 164 Å². The number of H-pyrrole nitrogens is 1. The third-order valence-electron chi connectivity index (χ3n) is 4.29. The average Bonchev–Trinajstić information content (AvgIpc) is 3.08. The van der Waals surface area contributed by atoms with Crippen LogP contribution in [0.5, 0.6) is 0 Å². The second kappa shape index (κ2) is 8.20. The number of halogens is 4. The van der Waals surface area contributed by atoms with E-state index in [9.17, 15) is 18.4 Å². The molecule has 0 fully saturated rings. The summed E-state index contributed by atoms with van der Waals surface area (Å²) < 4.78 is 41.8. The van der Waals surface area contributed by atoms with Crippen LogP contribution in [0.15, 0.2) is 29.4 Å². The molecule has 3 aromatic rings. The number of nitrogens with zero attached hydrogens (tertiary/aromatic N) is 3. The normalized spacial score (nSPS) is 12.3. The molecular weight excluding hydrogens is 393 g/mol. The minimum atomic E-state index is -1.11. The minimum Gasteiger partial charge on any atom is -0.411 e. The van der Waals surface area contributed by atoms with E-state index < -0.39 is 17.5 Å². The van der Waals surface area contributed by atoms with Gasteiger partial charge in [0, 0.05) is 24.9 Å². The molecule has 0 spiro atoms. The summed E-state index contributed by atoms with van der Waals surface area (Å²) in [5.74, 6) is -2.28. The van der Waals surface area contributed by atoms with Gasteiger partial charge in [0.1, 0.15) is 17.2 Å². The molecule has 28 heavy (non-hydrogen) atoms. The quantitative estimate of drug-likeness (QED) is 0.364. The van der Waals surface area contributed by atoms with Crippen molar-refractivity contribution in [1.82, 2.24) is 14.9 Å². The summed E-state index contributed by atoms with van der Waals surface area (Å²) >= 11 is 5.78. The second-order valence-corrected chi connectivity index (χ2v) is 7.06. The number of nitrogens with one attached hydrogen (secondary N) is 1. The van der Waals surface area contributed by atoms with Crippen LogP contribution in [0.1, 0.15) is 17.0 Å². The van der Waals surface area contributed by atoms with Crippen LogP contribution in [0.3, 0.4) is 0 Å². The maximum absolute atomic E-state index is 14.3. The number of rotatable bonds is 6. The summed E-state index contributed by atoms with van der Waals surface area (Å²) in [6, 6.07) is 4.99. The van der Waals surface area contributed by atoms with E-state index >= 15 is 0 Å². The lowest BCUT2D eigenvalue weighted by atomic mass is 10.0. The van der Waals surface area contributed by atoms with Gasteiger partial charge in [-0.25, -0.2) is 18.2 Å². The van der Waals surface area contributed by atoms with Crippen LogP contribution in [0.4, 0.5) is 13.2 Å². The van der Waals surface area contributed by atoms with E-state index in [4.69, 9.17) is 11.6 Å². The van der Waals surface area contributed by atoms with Crippen LogP contribution >= 0.6 is 11.6 Å². The van der Waals surface area contributed by atoms with Crippen molar-refractivity contribution in [2.24, 2.45) is 5.16 Å². The Morgan fingerprint density at radius 3 is 2.61 bits per heavy atom. The molecule has 9 heteroatoms. The van der Waals surface area contributed by atoms with Gasteiger partial charge in [-0.1, -0.05) is 22.8 Å². The Bertz CT molecular complexity index is 1050. The van der Waals surface area contributed by atoms with Crippen molar-refractivity contribution in [2.75, 3.05) is 20.6 Å². The first-order valence-corrected chi connectivity index (χ1v) is 8.84. The maximum atomic E-state index is 14.3. The number of hydrogen-bond acceptors (Lipinski definition) is 4. The highest BCUT2D eigenvalue weighted by Gasteiger charge is 2.20. The molecule has 5 nitrogen and oxygen atoms in total. The Morgan fingerprint density at radius 2 is 1.96 bits per heavy atom. The molecule has 1 aromatic heterocycles. The third kappa shape index (κ3) is 4.13. The predicted molar refractivity (Wildman–Crippen MR) is 102 cm³/mol. The van der Waals surface area contributed by atoms with Gasteiger partial charge < -0.3 is 15.1 Å². The van der Waals surface area contributed by atoms with Crippen molar-refractivity contribution in [1.29, 1.82) is 0 Å². The van der Waals surface area contributed by atoms with Gasteiger partial charge in [0.2, 0.25) is 0 Å². The van der Waals surface area contributed by atoms with Gasteiger partial charge in [0.05, 0.1) is 16.3 Å². The van der Waals surface area contributed by atoms with Crippen molar-refractivity contribution >= 4 is 28.3 Å². The fourth-order valence-electron chi connectivity index (χ4n) is 2.85. The lowest BCUT2D eigenvalue weighted by Crippen LogP contribution is -2.15. The zero-order valence-electron chi connectivity index (χ0n) is 15.2. The van der Waals surface area contributed by atoms with Crippen molar-refractivity contribution < 1.29 is 18.4 Å². The van der Waals surface area contributed by atoms with Crippen LogP contribution in [0, 0.1) is 17.5 Å². The van der Waals surface area contributed by atoms with Crippen molar-refractivity contribution in [3.63, 3.8) is 0 Å². The summed E-state index contributed by atoms with van der Waals surface area (Å²) in [5, 5.41) is 12.7. The van der Waals surface area contributed by atoms with Crippen molar-refractivity contribution in [3.8, 4) is 0 Å². The van der Waals surface area contributed by atoms with Gasteiger partial charge in [-0.3, -0.25) is 0 Å². The Hall–Kier alpha value is -2.58. The molecule has 3 rings (SSSR count). The molecule has 0 saturated carbocycles. The standard InChI is InChI=1S/C19H18ClF3N4O/c1-27(2)6-5-16-24-18-11(9-14(22)17(23)19(18)25-16)15(26-28)8-10-3-4-13(21)12(20)7-10/h3-4,7,9,28H,5-6,8H2,1-2H3,(H,24,25)/b26-15+. The summed E-state index contributed by atoms with van der Waals surface area (Å²) in [7, 11) is 3.78. The molecule has 2 N–H and O–H groups in total. The molecule has 1 heterocycles. The summed E-state index contributed by atoms with van der Waals surface area (Å²) in [6.07, 6.45) is 0.532. The smallest absolute Gasteiger partial charge is 0.186 e. The van der Waals surface area contributed by atoms with Crippen LogP contribution in [0.2, 0.25) is 5.02 Å². The maximum Gasteiger partial charge on any atom is 0.186 e. The molecule has 2 aromatic carbocycles. The van der Waals surface area contributed by atoms with Gasteiger partial charge in [-0.05, 0) is 37.9 Å². The highest BCUT2D eigenvalue weighted by Crippen LogP contribution is 2.25. The molecule has 0 aliphatic carbocycles. The zero-order valence-corrected chi connectivity index (χ0v) is 16.0. The van der Waals surface area contributed by atoms with E-state index in [0.29, 0.717) is 24.4 Å². The highest BCUT2D eigenvalue weighted by atomic mass is 35.5. The molecule has 0 radical (unpaired) electrons. The van der Waals surface area contributed by atoms with Gasteiger partial charge in [0.25, 0.3) is 0 Å². The molecule has 0 saturated heterocycles. The number of hydrogen-bond donors (Lipinski definition) is 2. The average molecular weight is 411 g/mol. The fourth-order valence-corrected chi connectivity index (χ4v) is 3.06. The number of likely N-dealkylation sites (N-methyl/N-ethyl adjacent to an activating group) is 1. The molecule has 0 amide bonds. The number of oxime groups is 1. The van der Waals surface area contributed by atoms with E-state index in [0.717, 1.165) is 6.07 Å². The SMILES string of the molecule is CN(C)CCc1nc2c(F)c(F)cc(/C(Cc3ccc(F)c(Cl)c3)=N/O)c2[nH]1. The molecule has 0 bridgehead atoms. The van der Waals surface area contributed by atoms with E-state index in [2.05, 4.69) is 15.1 Å². The van der Waals surface area contributed by atoms with E-state index in [1.807, 2.05) is 19.0 Å². The lowest BCUT2D eigenvalue weighted by Gasteiger charge is -2.08. The van der Waals surface area contributed by atoms with E-state index in [-0.39, 0.29) is 33.8 Å². The molecule has 0 aliphatic rings. The fraction of sp³-hybridized carbons (Fsp3) is 0.263. The van der Waals surface area contributed by atoms with Crippen LogP contribution in [-0.4, -0.2) is 46.4 Å². The Kier molecular flexibility index (Phi) is 5.90. The molecule has 0 aliphatic heterocycles. The first kappa shape index (κ1) is 20.2. The van der Waals surface area contributed by atoms with Crippen molar-refractivity contribution in [3.05, 3.63) is 63.7 Å². The molecule has 148 valence electrons. The van der Waals surface area contributed by atoms with Crippen LogP contribution < -0.4 is 0 Å². The van der Waals surface area contributed by atoms with E-state index in [1.165, 1.54) is 18.2 Å². The first-order valence-electron chi connectivity index (χ1n) is 8.46. The minimum absolute atomic E-state index is 0.0305. The number of aromatic amines is 1. The largest absolute Gasteiger partial charge is 0.411 e. The first-order chi connectivity index (χ1) is 13.3. The Balaban J connectivity index is 2.04. The lowest BCUT2D eigenvalue weighted by molar-refractivity contribution is 0.318. The summed E-state index contributed by atoms with van der Waals surface area (Å²) in [6.45, 7) is 0.661. The highest BCUT2D eigenvalue weighted by molar-refractivity contribution is 6.30. The Morgan fingerprint density at radius 1 is 1.21 bits per heavy atom. The number of aromatic nitrogens is 2. The second-order valence-electron chi connectivity index (χ2n) is 6.65. The number of imidazole rings is 1. The topological polar surface area (TPSA) is 64.5 Å². The molecule has 0 unspecified atom stereocenters. The summed E-state index contributed by atoms with van der Waals surface area (Å²) in [5.41, 5.74) is 0.843. The number of benzene rings is 2. The monoisotopic (exact) mass is 410 g/mol. The van der Waals surface area contributed by atoms with Gasteiger partial charge in [-0.2, -0.15) is 0 Å². The zero-order chi connectivity index (χ0) is 20.4. The molecule has 0 atom stereocenters. The van der Waals surface area contributed by atoms with Crippen LogP contribution in [0.25, 0.3) is 11.0 Å². The molecular formula is C19H18ClF3N4O. The van der Waals surface area contributed by atoms with Gasteiger partial charge in [-0.15, -0.1) is 0 Å². The van der Waals surface area contributed by atoms with Crippen molar-refractivity contribution in [2.45, 2.75) is 12.8 Å². The summed E-state index contributed by atoms with van der Waals surface area (Å²) in [4.78, 5) is 9.07. The number of fused-ring (bicyclic) bond motifs is 1. The van der Waals surface area contributed by atoms with Gasteiger partial charge >= 0.3 is 0 Å².